The van der Waals surface area contributed by atoms with Crippen LogP contribution in [0.3, 0.4) is 0 Å². The zero-order valence-electron chi connectivity index (χ0n) is 17.8. The number of aromatic nitrogens is 2. The molecule has 1 atom stereocenters. The normalized spacial score (nSPS) is 22.1. The average Bonchev–Trinajstić information content (AvgIpc) is 3.31. The highest BCUT2D eigenvalue weighted by atomic mass is 16.2. The van der Waals surface area contributed by atoms with E-state index in [2.05, 4.69) is 15.7 Å². The van der Waals surface area contributed by atoms with Crippen LogP contribution in [0.15, 0.2) is 6.07 Å². The van der Waals surface area contributed by atoms with Gasteiger partial charge in [-0.2, -0.15) is 5.10 Å². The molecule has 0 bridgehead atoms. The molecule has 0 aromatic carbocycles. The number of nitrogens with zero attached hydrogens (tertiary/aromatic N) is 4. The van der Waals surface area contributed by atoms with Crippen molar-refractivity contribution in [1.29, 1.82) is 0 Å². The summed E-state index contributed by atoms with van der Waals surface area (Å²) in [6, 6.07) is 1.69. The van der Waals surface area contributed by atoms with Crippen LogP contribution in [0, 0.1) is 0 Å². The van der Waals surface area contributed by atoms with Crippen LogP contribution in [-0.4, -0.2) is 82.6 Å². The van der Waals surface area contributed by atoms with Crippen molar-refractivity contribution in [2.75, 3.05) is 33.7 Å². The van der Waals surface area contributed by atoms with E-state index in [0.717, 1.165) is 25.7 Å². The highest BCUT2D eigenvalue weighted by molar-refractivity contribution is 6.01. The molecule has 3 amide bonds. The molecule has 0 unspecified atom stereocenters. The smallest absolute Gasteiger partial charge is 0.273 e. The maximum absolute atomic E-state index is 13.1. The first-order valence-corrected chi connectivity index (χ1v) is 10.4. The van der Waals surface area contributed by atoms with Gasteiger partial charge in [0.15, 0.2) is 5.69 Å². The summed E-state index contributed by atoms with van der Waals surface area (Å²) in [5, 5.41) is 10.3. The maximum Gasteiger partial charge on any atom is 0.273 e. The van der Waals surface area contributed by atoms with Crippen LogP contribution in [-0.2, 0) is 11.3 Å². The molecule has 160 valence electrons. The second kappa shape index (κ2) is 8.52. The number of nitrogens with one attached hydrogen (secondary N) is 2. The largest absolute Gasteiger partial charge is 0.351 e. The van der Waals surface area contributed by atoms with Crippen molar-refractivity contribution in [2.24, 2.45) is 0 Å². The lowest BCUT2D eigenvalue weighted by Crippen LogP contribution is -2.64. The van der Waals surface area contributed by atoms with Crippen LogP contribution in [0.1, 0.15) is 60.5 Å². The van der Waals surface area contributed by atoms with Gasteiger partial charge >= 0.3 is 0 Å². The second-order valence-electron chi connectivity index (χ2n) is 8.41. The van der Waals surface area contributed by atoms with Gasteiger partial charge in [-0.25, -0.2) is 0 Å². The molecule has 3 rings (SSSR count). The first-order chi connectivity index (χ1) is 13.8. The van der Waals surface area contributed by atoms with Gasteiger partial charge in [0, 0.05) is 31.7 Å². The number of likely N-dealkylation sites (N-methyl/N-ethyl adjacent to an activating group) is 2. The van der Waals surface area contributed by atoms with Crippen LogP contribution in [0.5, 0.6) is 0 Å². The fourth-order valence-corrected chi connectivity index (χ4v) is 4.14. The predicted octanol–water partition coefficient (Wildman–Crippen LogP) is 0.468. The SMILES string of the molecule is CCN1C(=O)c2cc(C(=O)NCCN(C)C)nn2C[C@@]1(C)C(=O)NC1CCCC1. The topological polar surface area (TPSA) is 99.6 Å². The number of carbonyl (C=O) groups excluding carboxylic acids is 3. The summed E-state index contributed by atoms with van der Waals surface area (Å²) >= 11 is 0. The van der Waals surface area contributed by atoms with Crippen molar-refractivity contribution >= 4 is 17.7 Å². The molecule has 29 heavy (non-hydrogen) atoms. The number of hydrogen-bond acceptors (Lipinski definition) is 5. The molecule has 2 N–H and O–H groups in total. The molecule has 1 fully saturated rings. The third-order valence-electron chi connectivity index (χ3n) is 5.87. The molecule has 1 aromatic rings. The van der Waals surface area contributed by atoms with E-state index in [1.165, 1.54) is 10.7 Å². The Hall–Kier alpha value is -2.42. The van der Waals surface area contributed by atoms with E-state index in [1.54, 1.807) is 11.8 Å². The lowest BCUT2D eigenvalue weighted by atomic mass is 9.94. The summed E-state index contributed by atoms with van der Waals surface area (Å²) in [5.41, 5.74) is -0.495. The first-order valence-electron chi connectivity index (χ1n) is 10.4. The first kappa shape index (κ1) is 21.3. The summed E-state index contributed by atoms with van der Waals surface area (Å²) in [4.78, 5) is 42.2. The maximum atomic E-state index is 13.1. The van der Waals surface area contributed by atoms with Gasteiger partial charge in [-0.3, -0.25) is 19.1 Å². The summed E-state index contributed by atoms with van der Waals surface area (Å²) in [6.45, 7) is 5.47. The van der Waals surface area contributed by atoms with E-state index in [0.29, 0.717) is 25.3 Å². The highest BCUT2D eigenvalue weighted by Gasteiger charge is 2.48. The number of carbonyl (C=O) groups is 3. The zero-order valence-corrected chi connectivity index (χ0v) is 17.8. The number of rotatable bonds is 7. The van der Waals surface area contributed by atoms with Gasteiger partial charge in [-0.15, -0.1) is 0 Å². The molecule has 0 radical (unpaired) electrons. The van der Waals surface area contributed by atoms with Crippen molar-refractivity contribution in [3.05, 3.63) is 17.5 Å². The minimum Gasteiger partial charge on any atom is -0.351 e. The molecular weight excluding hydrogens is 372 g/mol. The Labute approximate surface area is 171 Å². The van der Waals surface area contributed by atoms with E-state index >= 15 is 0 Å². The van der Waals surface area contributed by atoms with E-state index in [-0.39, 0.29) is 36.0 Å². The second-order valence-corrected chi connectivity index (χ2v) is 8.41. The number of fused-ring (bicyclic) bond motifs is 1. The standard InChI is InChI=1S/C20H32N6O3/c1-5-25-18(28)16-12-15(17(27)21-10-11-24(3)4)23-26(16)13-20(25,2)19(29)22-14-8-6-7-9-14/h12,14H,5-11,13H2,1-4H3,(H,21,27)(H,22,29)/t20-/m0/s1. The summed E-state index contributed by atoms with van der Waals surface area (Å²) in [7, 11) is 3.86. The van der Waals surface area contributed by atoms with E-state index in [1.807, 2.05) is 25.9 Å². The van der Waals surface area contributed by atoms with Crippen molar-refractivity contribution in [1.82, 2.24) is 30.2 Å². The average molecular weight is 405 g/mol. The molecule has 1 aromatic heterocycles. The summed E-state index contributed by atoms with van der Waals surface area (Å²) < 4.78 is 1.50. The molecule has 0 spiro atoms. The van der Waals surface area contributed by atoms with Crippen LogP contribution < -0.4 is 10.6 Å². The van der Waals surface area contributed by atoms with Crippen LogP contribution in [0.25, 0.3) is 0 Å². The van der Waals surface area contributed by atoms with Gasteiger partial charge in [-0.05, 0) is 40.8 Å². The van der Waals surface area contributed by atoms with Gasteiger partial charge in [0.1, 0.15) is 11.2 Å². The van der Waals surface area contributed by atoms with Crippen LogP contribution in [0.4, 0.5) is 0 Å². The predicted molar refractivity (Wildman–Crippen MR) is 109 cm³/mol. The van der Waals surface area contributed by atoms with E-state index in [9.17, 15) is 14.4 Å². The van der Waals surface area contributed by atoms with Crippen molar-refractivity contribution in [2.45, 2.75) is 57.7 Å². The summed E-state index contributed by atoms with van der Waals surface area (Å²) in [5.74, 6) is -0.748. The Morgan fingerprint density at radius 3 is 2.62 bits per heavy atom. The van der Waals surface area contributed by atoms with Crippen molar-refractivity contribution in [3.8, 4) is 0 Å². The molecular formula is C20H32N6O3. The molecule has 1 aliphatic carbocycles. The van der Waals surface area contributed by atoms with Crippen molar-refractivity contribution in [3.63, 3.8) is 0 Å². The lowest BCUT2D eigenvalue weighted by Gasteiger charge is -2.43. The van der Waals surface area contributed by atoms with Gasteiger partial charge in [0.05, 0.1) is 6.54 Å². The molecule has 9 heteroatoms. The van der Waals surface area contributed by atoms with Crippen LogP contribution >= 0.6 is 0 Å². The molecule has 0 saturated heterocycles. The minimum atomic E-state index is -1.04. The van der Waals surface area contributed by atoms with Gasteiger partial charge < -0.3 is 20.4 Å². The van der Waals surface area contributed by atoms with Gasteiger partial charge in [0.2, 0.25) is 5.91 Å². The third-order valence-corrected chi connectivity index (χ3v) is 5.87. The molecule has 2 aliphatic rings. The zero-order chi connectivity index (χ0) is 21.2. The quantitative estimate of drug-likeness (QED) is 0.688. The van der Waals surface area contributed by atoms with Crippen molar-refractivity contribution < 1.29 is 14.4 Å². The number of amides is 3. The summed E-state index contributed by atoms with van der Waals surface area (Å²) in [6.07, 6.45) is 4.19. The van der Waals surface area contributed by atoms with Crippen LogP contribution in [0.2, 0.25) is 0 Å². The number of hydrogen-bond donors (Lipinski definition) is 2. The minimum absolute atomic E-state index is 0.155. The van der Waals surface area contributed by atoms with E-state index in [4.69, 9.17) is 0 Å². The molecule has 1 saturated carbocycles. The monoisotopic (exact) mass is 404 g/mol. The Bertz CT molecular complexity index is 783. The Kier molecular flexibility index (Phi) is 6.26. The molecule has 2 heterocycles. The fraction of sp³-hybridized carbons (Fsp3) is 0.700. The highest BCUT2D eigenvalue weighted by Crippen LogP contribution is 2.28. The third kappa shape index (κ3) is 4.29. The van der Waals surface area contributed by atoms with E-state index < -0.39 is 5.54 Å². The lowest BCUT2D eigenvalue weighted by molar-refractivity contribution is -0.133. The molecule has 9 nitrogen and oxygen atoms in total. The Balaban J connectivity index is 1.79. The van der Waals surface area contributed by atoms with Gasteiger partial charge in [0.25, 0.3) is 11.8 Å². The Morgan fingerprint density at radius 1 is 1.31 bits per heavy atom. The fourth-order valence-electron chi connectivity index (χ4n) is 4.14. The van der Waals surface area contributed by atoms with Gasteiger partial charge in [-0.1, -0.05) is 12.8 Å². The Morgan fingerprint density at radius 2 is 2.00 bits per heavy atom. The molecule has 1 aliphatic heterocycles.